The van der Waals surface area contributed by atoms with Crippen LogP contribution in [0.2, 0.25) is 0 Å². The van der Waals surface area contributed by atoms with E-state index in [0.29, 0.717) is 18.7 Å². The SMILES string of the molecule is CSCC[C@@H](NS(=O)(=O)c1cccs1)C(=O)NCc1ccccc1. The molecule has 0 saturated heterocycles. The third-order valence-corrected chi connectivity index (χ3v) is 6.81. The lowest BCUT2D eigenvalue weighted by molar-refractivity contribution is -0.122. The highest BCUT2D eigenvalue weighted by molar-refractivity contribution is 7.98. The van der Waals surface area contributed by atoms with Crippen LogP contribution < -0.4 is 10.0 Å². The first kappa shape index (κ1) is 19.0. The number of benzene rings is 1. The summed E-state index contributed by atoms with van der Waals surface area (Å²) in [7, 11) is -3.68. The molecular weight excluding hydrogens is 364 g/mol. The van der Waals surface area contributed by atoms with Gasteiger partial charge in [0.15, 0.2) is 0 Å². The predicted molar refractivity (Wildman–Crippen MR) is 99.7 cm³/mol. The van der Waals surface area contributed by atoms with Gasteiger partial charge < -0.3 is 5.32 Å². The molecule has 1 aromatic heterocycles. The maximum Gasteiger partial charge on any atom is 0.250 e. The van der Waals surface area contributed by atoms with Crippen molar-refractivity contribution in [2.75, 3.05) is 12.0 Å². The molecule has 0 aliphatic rings. The average Bonchev–Trinajstić information content (AvgIpc) is 3.13. The van der Waals surface area contributed by atoms with Crippen molar-refractivity contribution < 1.29 is 13.2 Å². The van der Waals surface area contributed by atoms with Crippen LogP contribution in [0.3, 0.4) is 0 Å². The fourth-order valence-electron chi connectivity index (χ4n) is 2.05. The third-order valence-electron chi connectivity index (χ3n) is 3.29. The third kappa shape index (κ3) is 5.62. The molecule has 1 heterocycles. The summed E-state index contributed by atoms with van der Waals surface area (Å²) in [5.41, 5.74) is 0.968. The number of thiophene rings is 1. The van der Waals surface area contributed by atoms with Gasteiger partial charge in [-0.2, -0.15) is 16.5 Å². The molecule has 8 heteroatoms. The van der Waals surface area contributed by atoms with E-state index in [4.69, 9.17) is 0 Å². The normalized spacial score (nSPS) is 12.7. The van der Waals surface area contributed by atoms with E-state index in [-0.39, 0.29) is 10.1 Å². The van der Waals surface area contributed by atoms with Crippen molar-refractivity contribution in [1.82, 2.24) is 10.0 Å². The second kappa shape index (κ2) is 9.22. The van der Waals surface area contributed by atoms with Crippen molar-refractivity contribution >= 4 is 39.0 Å². The lowest BCUT2D eigenvalue weighted by atomic mass is 10.2. The minimum Gasteiger partial charge on any atom is -0.351 e. The molecule has 0 aliphatic carbocycles. The molecule has 5 nitrogen and oxygen atoms in total. The fraction of sp³-hybridized carbons (Fsp3) is 0.312. The van der Waals surface area contributed by atoms with Crippen LogP contribution >= 0.6 is 23.1 Å². The van der Waals surface area contributed by atoms with Crippen LogP contribution in [0.1, 0.15) is 12.0 Å². The van der Waals surface area contributed by atoms with Crippen LogP contribution in [0.15, 0.2) is 52.1 Å². The quantitative estimate of drug-likeness (QED) is 0.696. The average molecular weight is 385 g/mol. The Labute approximate surface area is 150 Å². The largest absolute Gasteiger partial charge is 0.351 e. The fourth-order valence-corrected chi connectivity index (χ4v) is 4.76. The summed E-state index contributed by atoms with van der Waals surface area (Å²) < 4.78 is 27.5. The Morgan fingerprint density at radius 1 is 1.21 bits per heavy atom. The number of rotatable bonds is 9. The van der Waals surface area contributed by atoms with Crippen LogP contribution in [0.4, 0.5) is 0 Å². The van der Waals surface area contributed by atoms with Crippen LogP contribution in [0.5, 0.6) is 0 Å². The van der Waals surface area contributed by atoms with E-state index in [2.05, 4.69) is 10.0 Å². The topological polar surface area (TPSA) is 75.3 Å². The van der Waals surface area contributed by atoms with Gasteiger partial charge in [0.2, 0.25) is 5.91 Å². The summed E-state index contributed by atoms with van der Waals surface area (Å²) >= 11 is 2.70. The molecule has 130 valence electrons. The van der Waals surface area contributed by atoms with Gasteiger partial charge in [0.1, 0.15) is 10.3 Å². The lowest BCUT2D eigenvalue weighted by Crippen LogP contribution is -2.46. The second-order valence-electron chi connectivity index (χ2n) is 5.09. The summed E-state index contributed by atoms with van der Waals surface area (Å²) in [6.45, 7) is 0.371. The van der Waals surface area contributed by atoms with Gasteiger partial charge in [0.05, 0.1) is 0 Å². The van der Waals surface area contributed by atoms with Gasteiger partial charge in [-0.3, -0.25) is 4.79 Å². The van der Waals surface area contributed by atoms with Gasteiger partial charge in [0, 0.05) is 6.54 Å². The zero-order chi connectivity index (χ0) is 17.4. The van der Waals surface area contributed by atoms with E-state index in [1.165, 1.54) is 6.07 Å². The lowest BCUT2D eigenvalue weighted by Gasteiger charge is -2.17. The van der Waals surface area contributed by atoms with E-state index in [1.54, 1.807) is 23.2 Å². The highest BCUT2D eigenvalue weighted by Gasteiger charge is 2.25. The Morgan fingerprint density at radius 2 is 1.96 bits per heavy atom. The molecule has 0 unspecified atom stereocenters. The molecule has 0 aliphatic heterocycles. The molecule has 0 fully saturated rings. The highest BCUT2D eigenvalue weighted by Crippen LogP contribution is 2.16. The number of carbonyl (C=O) groups excluding carboxylic acids is 1. The molecule has 0 bridgehead atoms. The molecule has 0 radical (unpaired) electrons. The highest BCUT2D eigenvalue weighted by atomic mass is 32.2. The molecule has 0 spiro atoms. The second-order valence-corrected chi connectivity index (χ2v) is 8.96. The minimum atomic E-state index is -3.68. The standard InChI is InChI=1S/C16H20N2O3S3/c1-22-11-9-14(18-24(20,21)15-8-5-10-23-15)16(19)17-12-13-6-3-2-4-7-13/h2-8,10,14,18H,9,11-12H2,1H3,(H,17,19)/t14-/m1/s1. The Hall–Kier alpha value is -1.35. The number of hydrogen-bond acceptors (Lipinski definition) is 5. The summed E-state index contributed by atoms with van der Waals surface area (Å²) in [5.74, 6) is 0.379. The Morgan fingerprint density at radius 3 is 2.58 bits per heavy atom. The molecule has 1 atom stereocenters. The molecule has 0 saturated carbocycles. The van der Waals surface area contributed by atoms with Crippen molar-refractivity contribution in [2.45, 2.75) is 23.2 Å². The van der Waals surface area contributed by atoms with Crippen LogP contribution in [0, 0.1) is 0 Å². The number of thioether (sulfide) groups is 1. The van der Waals surface area contributed by atoms with Crippen molar-refractivity contribution in [3.8, 4) is 0 Å². The summed E-state index contributed by atoms with van der Waals surface area (Å²) in [5, 5.41) is 4.50. The van der Waals surface area contributed by atoms with Crippen molar-refractivity contribution in [3.05, 3.63) is 53.4 Å². The summed E-state index contributed by atoms with van der Waals surface area (Å²) in [4.78, 5) is 12.4. The number of carbonyl (C=O) groups is 1. The first-order valence-corrected chi connectivity index (χ1v) is 11.1. The van der Waals surface area contributed by atoms with Crippen LogP contribution in [-0.2, 0) is 21.4 Å². The van der Waals surface area contributed by atoms with Crippen molar-refractivity contribution in [1.29, 1.82) is 0 Å². The van der Waals surface area contributed by atoms with E-state index in [0.717, 1.165) is 16.9 Å². The Kier molecular flexibility index (Phi) is 7.29. The molecule has 1 aromatic carbocycles. The number of amides is 1. The van der Waals surface area contributed by atoms with E-state index in [1.807, 2.05) is 36.6 Å². The van der Waals surface area contributed by atoms with Gasteiger partial charge in [0.25, 0.3) is 10.0 Å². The first-order valence-electron chi connectivity index (χ1n) is 7.39. The van der Waals surface area contributed by atoms with Gasteiger partial charge in [-0.25, -0.2) is 8.42 Å². The molecule has 24 heavy (non-hydrogen) atoms. The monoisotopic (exact) mass is 384 g/mol. The van der Waals surface area contributed by atoms with Gasteiger partial charge in [-0.05, 0) is 35.4 Å². The van der Waals surface area contributed by atoms with E-state index >= 15 is 0 Å². The predicted octanol–water partition coefficient (Wildman–Crippen LogP) is 2.46. The van der Waals surface area contributed by atoms with E-state index in [9.17, 15) is 13.2 Å². The van der Waals surface area contributed by atoms with Crippen LogP contribution in [-0.4, -0.2) is 32.4 Å². The number of hydrogen-bond donors (Lipinski definition) is 2. The number of sulfonamides is 1. The minimum absolute atomic E-state index is 0.215. The smallest absolute Gasteiger partial charge is 0.250 e. The zero-order valence-corrected chi connectivity index (χ0v) is 15.7. The Balaban J connectivity index is 2.02. The summed E-state index contributed by atoms with van der Waals surface area (Å²) in [6.07, 6.45) is 2.36. The molecule has 2 aromatic rings. The molecule has 1 amide bonds. The summed E-state index contributed by atoms with van der Waals surface area (Å²) in [6, 6.07) is 11.9. The molecule has 2 N–H and O–H groups in total. The van der Waals surface area contributed by atoms with Crippen molar-refractivity contribution in [3.63, 3.8) is 0 Å². The van der Waals surface area contributed by atoms with Crippen molar-refractivity contribution in [2.24, 2.45) is 0 Å². The molecule has 2 rings (SSSR count). The maximum absolute atomic E-state index is 12.4. The Bertz CT molecular complexity index is 731. The number of nitrogens with one attached hydrogen (secondary N) is 2. The molecular formula is C16H20N2O3S3. The van der Waals surface area contributed by atoms with Gasteiger partial charge in [-0.1, -0.05) is 36.4 Å². The zero-order valence-electron chi connectivity index (χ0n) is 13.3. The van der Waals surface area contributed by atoms with Crippen LogP contribution in [0.25, 0.3) is 0 Å². The van der Waals surface area contributed by atoms with Gasteiger partial charge in [-0.15, -0.1) is 11.3 Å². The van der Waals surface area contributed by atoms with Gasteiger partial charge >= 0.3 is 0 Å². The first-order chi connectivity index (χ1) is 11.5. The van der Waals surface area contributed by atoms with E-state index < -0.39 is 16.1 Å². The maximum atomic E-state index is 12.4.